The summed E-state index contributed by atoms with van der Waals surface area (Å²) in [5, 5.41) is 9.90. The van der Waals surface area contributed by atoms with Crippen molar-refractivity contribution in [2.24, 2.45) is 5.92 Å². The molecule has 0 aromatic heterocycles. The zero-order valence-corrected chi connectivity index (χ0v) is 23.2. The minimum absolute atomic E-state index is 0.265. The Hall–Kier alpha value is -2.70. The van der Waals surface area contributed by atoms with E-state index in [1.54, 1.807) is 0 Å². The van der Waals surface area contributed by atoms with Gasteiger partial charge in [-0.3, -0.25) is 14.5 Å². The van der Waals surface area contributed by atoms with Gasteiger partial charge in [-0.1, -0.05) is 74.0 Å². The summed E-state index contributed by atoms with van der Waals surface area (Å²) >= 11 is 0. The van der Waals surface area contributed by atoms with Crippen molar-refractivity contribution in [3.8, 4) is 0 Å². The normalized spacial score (nSPS) is 21.8. The van der Waals surface area contributed by atoms with E-state index in [0.29, 0.717) is 30.7 Å². The molecule has 0 saturated carbocycles. The Bertz CT molecular complexity index is 1010. The minimum Gasteiger partial charge on any atom is -0.480 e. The molecule has 38 heavy (non-hydrogen) atoms. The third-order valence-electron chi connectivity index (χ3n) is 8.61. The summed E-state index contributed by atoms with van der Waals surface area (Å²) in [6, 6.07) is 20.8. The van der Waals surface area contributed by atoms with E-state index in [-0.39, 0.29) is 5.91 Å². The van der Waals surface area contributed by atoms with Gasteiger partial charge in [0.1, 0.15) is 6.04 Å². The molecule has 2 aliphatic heterocycles. The van der Waals surface area contributed by atoms with Gasteiger partial charge in [-0.25, -0.2) is 0 Å². The topological polar surface area (TPSA) is 64.1 Å². The predicted octanol–water partition coefficient (Wildman–Crippen LogP) is 4.90. The lowest BCUT2D eigenvalue weighted by molar-refractivity contribution is -0.143. The first-order valence-electron chi connectivity index (χ1n) is 14.6. The highest BCUT2D eigenvalue weighted by Crippen LogP contribution is 2.35. The Morgan fingerprint density at radius 2 is 1.63 bits per heavy atom. The van der Waals surface area contributed by atoms with E-state index < -0.39 is 12.0 Å². The highest BCUT2D eigenvalue weighted by Gasteiger charge is 2.40. The van der Waals surface area contributed by atoms with Crippen molar-refractivity contribution in [2.75, 3.05) is 39.3 Å². The molecular formula is C32H45N3O3. The number of carbonyl (C=O) groups excluding carboxylic acids is 1. The summed E-state index contributed by atoms with van der Waals surface area (Å²) in [7, 11) is 0. The number of piperidine rings is 1. The van der Waals surface area contributed by atoms with Gasteiger partial charge in [-0.05, 0) is 49.7 Å². The molecule has 4 rings (SSSR count). The molecular weight excluding hydrogens is 474 g/mol. The molecule has 0 spiro atoms. The molecule has 2 aromatic carbocycles. The van der Waals surface area contributed by atoms with Crippen molar-refractivity contribution < 1.29 is 14.7 Å². The van der Waals surface area contributed by atoms with Gasteiger partial charge < -0.3 is 14.9 Å². The number of nitrogens with zero attached hydrogens (tertiary/aromatic N) is 3. The number of amides is 1. The quantitative estimate of drug-likeness (QED) is 0.432. The van der Waals surface area contributed by atoms with Crippen molar-refractivity contribution in [3.63, 3.8) is 0 Å². The highest BCUT2D eigenvalue weighted by molar-refractivity contribution is 5.76. The van der Waals surface area contributed by atoms with E-state index in [1.807, 2.05) is 24.3 Å². The summed E-state index contributed by atoms with van der Waals surface area (Å²) < 4.78 is 0. The van der Waals surface area contributed by atoms with Crippen LogP contribution in [0.5, 0.6) is 0 Å². The number of carboxylic acids is 1. The fraction of sp³-hybridized carbons (Fsp3) is 0.562. The number of carbonyl (C=O) groups is 2. The summed E-state index contributed by atoms with van der Waals surface area (Å²) in [6.45, 7) is 9.52. The van der Waals surface area contributed by atoms with Gasteiger partial charge in [0.05, 0.1) is 0 Å². The number of likely N-dealkylation sites (tertiary alicyclic amines) is 2. The van der Waals surface area contributed by atoms with Crippen molar-refractivity contribution >= 4 is 11.9 Å². The molecule has 3 unspecified atom stereocenters. The monoisotopic (exact) mass is 519 g/mol. The van der Waals surface area contributed by atoms with Crippen molar-refractivity contribution in [3.05, 3.63) is 71.8 Å². The van der Waals surface area contributed by atoms with Crippen LogP contribution in [-0.4, -0.2) is 83.0 Å². The van der Waals surface area contributed by atoms with E-state index in [0.717, 1.165) is 65.0 Å². The van der Waals surface area contributed by atoms with Crippen molar-refractivity contribution in [1.82, 2.24) is 14.7 Å². The van der Waals surface area contributed by atoms with Gasteiger partial charge in [-0.15, -0.1) is 0 Å². The number of hydrogen-bond donors (Lipinski definition) is 1. The number of aryl methyl sites for hydroxylation is 1. The van der Waals surface area contributed by atoms with Gasteiger partial charge in [0, 0.05) is 57.6 Å². The van der Waals surface area contributed by atoms with E-state index >= 15 is 0 Å². The fourth-order valence-electron chi connectivity index (χ4n) is 6.58. The van der Waals surface area contributed by atoms with Crippen LogP contribution in [0.4, 0.5) is 0 Å². The molecule has 2 heterocycles. The molecule has 2 aliphatic rings. The van der Waals surface area contributed by atoms with Gasteiger partial charge in [-0.2, -0.15) is 0 Å². The largest absolute Gasteiger partial charge is 0.480 e. The lowest BCUT2D eigenvalue weighted by Crippen LogP contribution is -2.48. The number of carboxylic acid groups (broad SMARTS) is 1. The Kier molecular flexibility index (Phi) is 10.4. The van der Waals surface area contributed by atoms with Gasteiger partial charge in [0.2, 0.25) is 5.91 Å². The number of hydrogen-bond acceptors (Lipinski definition) is 4. The smallest absolute Gasteiger partial charge is 0.320 e. The number of benzene rings is 2. The summed E-state index contributed by atoms with van der Waals surface area (Å²) in [5.74, 6) is 0.319. The maximum absolute atomic E-state index is 13.1. The van der Waals surface area contributed by atoms with E-state index in [4.69, 9.17) is 0 Å². The van der Waals surface area contributed by atoms with Crippen LogP contribution in [0.2, 0.25) is 0 Å². The average Bonchev–Trinajstić information content (AvgIpc) is 3.36. The molecule has 1 N–H and O–H groups in total. The molecule has 2 aromatic rings. The van der Waals surface area contributed by atoms with E-state index in [1.165, 1.54) is 11.1 Å². The third-order valence-corrected chi connectivity index (χ3v) is 8.61. The second-order valence-electron chi connectivity index (χ2n) is 11.1. The van der Waals surface area contributed by atoms with Crippen LogP contribution in [0.25, 0.3) is 0 Å². The van der Waals surface area contributed by atoms with Gasteiger partial charge >= 0.3 is 5.97 Å². The molecule has 6 nitrogen and oxygen atoms in total. The third kappa shape index (κ3) is 7.23. The zero-order valence-electron chi connectivity index (χ0n) is 23.2. The van der Waals surface area contributed by atoms with Crippen molar-refractivity contribution in [2.45, 2.75) is 70.4 Å². The van der Waals surface area contributed by atoms with E-state index in [9.17, 15) is 14.7 Å². The summed E-state index contributed by atoms with van der Waals surface area (Å²) in [5.41, 5.74) is 2.53. The molecule has 206 valence electrons. The summed E-state index contributed by atoms with van der Waals surface area (Å²) in [4.78, 5) is 32.0. The first-order valence-corrected chi connectivity index (χ1v) is 14.6. The average molecular weight is 520 g/mol. The molecule has 6 heteroatoms. The zero-order chi connectivity index (χ0) is 26.9. The highest BCUT2D eigenvalue weighted by atomic mass is 16.4. The lowest BCUT2D eigenvalue weighted by Gasteiger charge is -2.39. The standard InChI is InChI=1S/C32H45N3O3/c1-3-11-30(32(37)38)34-23-27(29(24-34)26-14-9-6-10-15-26)22-33-20-18-28(19-21-33)35(4-2)31(36)17-16-25-12-7-5-8-13-25/h5-10,12-15,27-30H,3-4,11,16-24H2,1-2H3,(H,37,38). The van der Waals surface area contributed by atoms with Crippen LogP contribution < -0.4 is 0 Å². The SMILES string of the molecule is CCCC(C(=O)O)N1CC(CN2CCC(N(CC)C(=O)CCc3ccccc3)CC2)C(c2ccccc2)C1. The molecule has 0 radical (unpaired) electrons. The first kappa shape index (κ1) is 28.3. The van der Waals surface area contributed by atoms with Crippen LogP contribution in [0.1, 0.15) is 63.0 Å². The van der Waals surface area contributed by atoms with Crippen molar-refractivity contribution in [1.29, 1.82) is 0 Å². The van der Waals surface area contributed by atoms with E-state index in [2.05, 4.69) is 64.9 Å². The molecule has 0 aliphatic carbocycles. The number of rotatable bonds is 12. The number of aliphatic carboxylic acids is 1. The van der Waals surface area contributed by atoms with Crippen LogP contribution in [0.15, 0.2) is 60.7 Å². The maximum atomic E-state index is 13.1. The predicted molar refractivity (Wildman–Crippen MR) is 152 cm³/mol. The lowest BCUT2D eigenvalue weighted by atomic mass is 9.88. The molecule has 2 saturated heterocycles. The molecule has 2 fully saturated rings. The maximum Gasteiger partial charge on any atom is 0.320 e. The Morgan fingerprint density at radius 1 is 0.974 bits per heavy atom. The Morgan fingerprint density at radius 3 is 2.24 bits per heavy atom. The Labute approximate surface area is 228 Å². The van der Waals surface area contributed by atoms with Crippen LogP contribution in [-0.2, 0) is 16.0 Å². The summed E-state index contributed by atoms with van der Waals surface area (Å²) in [6.07, 6.45) is 4.94. The second-order valence-corrected chi connectivity index (χ2v) is 11.1. The molecule has 0 bridgehead atoms. The fourth-order valence-corrected chi connectivity index (χ4v) is 6.58. The Balaban J connectivity index is 1.34. The second kappa shape index (κ2) is 13.9. The molecule has 3 atom stereocenters. The van der Waals surface area contributed by atoms with Crippen LogP contribution in [0, 0.1) is 5.92 Å². The van der Waals surface area contributed by atoms with Gasteiger partial charge in [0.25, 0.3) is 0 Å². The molecule has 1 amide bonds. The first-order chi connectivity index (χ1) is 18.5. The van der Waals surface area contributed by atoms with Crippen LogP contribution in [0.3, 0.4) is 0 Å². The van der Waals surface area contributed by atoms with Crippen LogP contribution >= 0.6 is 0 Å². The van der Waals surface area contributed by atoms with Gasteiger partial charge in [0.15, 0.2) is 0 Å². The minimum atomic E-state index is -0.697.